The molecule has 124 valence electrons. The van der Waals surface area contributed by atoms with Crippen molar-refractivity contribution in [2.75, 3.05) is 13.2 Å². The minimum atomic E-state index is -5.08. The van der Waals surface area contributed by atoms with E-state index in [0.29, 0.717) is 17.7 Å². The largest absolute Gasteiger partial charge is 0.490 e. The van der Waals surface area contributed by atoms with Gasteiger partial charge in [-0.25, -0.2) is 9.69 Å². The van der Waals surface area contributed by atoms with Crippen LogP contribution in [0.5, 0.6) is 0 Å². The monoisotopic (exact) mass is 324 g/mol. The summed E-state index contributed by atoms with van der Waals surface area (Å²) >= 11 is 0. The molecule has 2 saturated heterocycles. The summed E-state index contributed by atoms with van der Waals surface area (Å²) < 4.78 is 74.7. The Morgan fingerprint density at radius 1 is 1.10 bits per heavy atom. The van der Waals surface area contributed by atoms with Crippen LogP contribution in [0.4, 0.5) is 26.3 Å². The number of hydrogen-bond donors (Lipinski definition) is 2. The zero-order valence-electron chi connectivity index (χ0n) is 10.6. The Morgan fingerprint density at radius 2 is 1.48 bits per heavy atom. The number of aliphatic carboxylic acids is 1. The number of nitrogens with zero attached hydrogens (tertiary/aromatic N) is 1. The van der Waals surface area contributed by atoms with Gasteiger partial charge in [0.2, 0.25) is 0 Å². The number of rotatable bonds is 0. The van der Waals surface area contributed by atoms with Crippen molar-refractivity contribution in [2.24, 2.45) is 5.73 Å². The predicted molar refractivity (Wildman–Crippen MR) is 57.2 cm³/mol. The van der Waals surface area contributed by atoms with Crippen LogP contribution in [0.3, 0.4) is 0 Å². The molecule has 0 saturated carbocycles. The molecule has 21 heavy (non-hydrogen) atoms. The third kappa shape index (κ3) is 5.00. The van der Waals surface area contributed by atoms with Crippen LogP contribution in [0.15, 0.2) is 0 Å². The molecule has 0 aromatic heterocycles. The van der Waals surface area contributed by atoms with Crippen LogP contribution in [0, 0.1) is 0 Å². The quantitative estimate of drug-likeness (QED) is 0.519. The summed E-state index contributed by atoms with van der Waals surface area (Å²) in [7, 11) is 0. The first-order valence-electron chi connectivity index (χ1n) is 5.91. The highest BCUT2D eigenvalue weighted by atomic mass is 19.4. The lowest BCUT2D eigenvalue weighted by molar-refractivity contribution is -0.301. The molecule has 0 amide bonds. The Labute approximate surface area is 115 Å². The molecule has 2 rings (SSSR count). The topological polar surface area (TPSA) is 75.8 Å². The molecule has 0 aromatic carbocycles. The molecule has 0 aliphatic carbocycles. The fourth-order valence-electron chi connectivity index (χ4n) is 2.37. The zero-order valence-corrected chi connectivity index (χ0v) is 10.6. The number of carboxylic acid groups (broad SMARTS) is 1. The zero-order chi connectivity index (χ0) is 16.4. The number of halogens is 6. The van der Waals surface area contributed by atoms with Crippen molar-refractivity contribution in [2.45, 2.75) is 43.4 Å². The average Bonchev–Trinajstić information content (AvgIpc) is 2.25. The Bertz CT molecular complexity index is 359. The van der Waals surface area contributed by atoms with E-state index in [2.05, 4.69) is 0 Å². The number of carbonyl (C=O) groups is 1. The van der Waals surface area contributed by atoms with Gasteiger partial charge in [0.25, 0.3) is 0 Å². The number of piperidine rings is 1. The van der Waals surface area contributed by atoms with Crippen molar-refractivity contribution < 1.29 is 41.0 Å². The Hall–Kier alpha value is -1.07. The van der Waals surface area contributed by atoms with E-state index in [9.17, 15) is 26.3 Å². The highest BCUT2D eigenvalue weighted by Gasteiger charge is 2.51. The van der Waals surface area contributed by atoms with Crippen LogP contribution in [0.25, 0.3) is 0 Å². The molecule has 2 aliphatic heterocycles. The van der Waals surface area contributed by atoms with E-state index in [1.54, 1.807) is 0 Å². The van der Waals surface area contributed by atoms with E-state index in [0.717, 1.165) is 0 Å². The minimum Gasteiger partial charge on any atom is -0.475 e. The van der Waals surface area contributed by atoms with Gasteiger partial charge >= 0.3 is 18.4 Å². The second-order valence-electron chi connectivity index (χ2n) is 4.75. The second-order valence-corrected chi connectivity index (χ2v) is 4.75. The molecule has 2 aliphatic rings. The number of ether oxygens (including phenoxy) is 1. The molecule has 1 unspecified atom stereocenters. The molecule has 0 aromatic rings. The first-order valence-corrected chi connectivity index (χ1v) is 5.91. The molecule has 2 bridgehead atoms. The maximum atomic E-state index is 12.6. The smallest absolute Gasteiger partial charge is 0.475 e. The fourth-order valence-corrected chi connectivity index (χ4v) is 2.37. The van der Waals surface area contributed by atoms with Gasteiger partial charge in [-0.2, -0.15) is 26.3 Å². The lowest BCUT2D eigenvalue weighted by atomic mass is 9.91. The Kier molecular flexibility index (Phi) is 5.45. The average molecular weight is 324 g/mol. The highest BCUT2D eigenvalue weighted by molar-refractivity contribution is 5.73. The summed E-state index contributed by atoms with van der Waals surface area (Å²) in [6.07, 6.45) is -8.59. The molecule has 3 N–H and O–H groups in total. The number of carboxylic acids is 1. The van der Waals surface area contributed by atoms with E-state index in [-0.39, 0.29) is 19.3 Å². The summed E-state index contributed by atoms with van der Waals surface area (Å²) in [5, 5.41) is 7.12. The fraction of sp³-hybridized carbons (Fsp3) is 0.900. The number of fused-ring (bicyclic) bond motifs is 2. The van der Waals surface area contributed by atoms with Gasteiger partial charge in [-0.05, 0) is 12.8 Å². The van der Waals surface area contributed by atoms with Gasteiger partial charge in [0, 0.05) is 18.1 Å². The van der Waals surface area contributed by atoms with Crippen molar-refractivity contribution >= 4 is 5.97 Å². The summed E-state index contributed by atoms with van der Waals surface area (Å²) in [5.41, 5.74) is 5.68. The van der Waals surface area contributed by atoms with Crippen molar-refractivity contribution in [3.8, 4) is 0 Å². The molecule has 2 heterocycles. The van der Waals surface area contributed by atoms with Crippen LogP contribution in [-0.2, 0) is 9.53 Å². The van der Waals surface area contributed by atoms with Crippen molar-refractivity contribution in [3.05, 3.63) is 0 Å². The van der Waals surface area contributed by atoms with Crippen molar-refractivity contribution in [1.82, 2.24) is 4.90 Å². The normalized spacial score (nSPS) is 30.3. The Morgan fingerprint density at radius 3 is 1.76 bits per heavy atom. The predicted octanol–water partition coefficient (Wildman–Crippen LogP) is 1.33. The minimum absolute atomic E-state index is 0.118. The van der Waals surface area contributed by atoms with Gasteiger partial charge in [-0.1, -0.05) is 0 Å². The van der Waals surface area contributed by atoms with Crippen LogP contribution in [0.1, 0.15) is 12.8 Å². The van der Waals surface area contributed by atoms with E-state index >= 15 is 0 Å². The molecular weight excluding hydrogens is 310 g/mol. The number of morpholine rings is 1. The van der Waals surface area contributed by atoms with Crippen LogP contribution in [0.2, 0.25) is 0 Å². The number of nitrogens with two attached hydrogens (primary N) is 1. The highest BCUT2D eigenvalue weighted by Crippen LogP contribution is 2.35. The number of hydrogen-bond acceptors (Lipinski definition) is 4. The molecule has 2 fully saturated rings. The number of alkyl halides is 6. The molecule has 3 atom stereocenters. The van der Waals surface area contributed by atoms with Gasteiger partial charge < -0.3 is 15.6 Å². The van der Waals surface area contributed by atoms with Crippen molar-refractivity contribution in [1.29, 1.82) is 0 Å². The SMILES string of the molecule is NC1C[C@H]2COC[C@@H](C1)N2C(F)(F)F.O=C(O)C(F)(F)F. The molecule has 11 heteroatoms. The summed E-state index contributed by atoms with van der Waals surface area (Å²) in [6.45, 7) is 0.285. The third-order valence-corrected chi connectivity index (χ3v) is 3.09. The lowest BCUT2D eigenvalue weighted by Crippen LogP contribution is -2.63. The summed E-state index contributed by atoms with van der Waals surface area (Å²) in [6, 6.07) is -1.29. The van der Waals surface area contributed by atoms with E-state index in [1.165, 1.54) is 0 Å². The van der Waals surface area contributed by atoms with Crippen LogP contribution < -0.4 is 5.73 Å². The summed E-state index contributed by atoms with van der Waals surface area (Å²) in [4.78, 5) is 9.51. The van der Waals surface area contributed by atoms with Gasteiger partial charge in [-0.15, -0.1) is 0 Å². The first kappa shape index (κ1) is 18.0. The standard InChI is InChI=1S/C8H13F3N2O.C2HF3O2/c9-8(10,11)13-6-1-5(12)2-7(13)4-14-3-6;3-2(4,5)1(6)7/h5-7H,1-4,12H2;(H,6,7)/t5?,6-,7+;. The van der Waals surface area contributed by atoms with Gasteiger partial charge in [0.15, 0.2) is 0 Å². The molecular formula is C10H14F6N2O3. The van der Waals surface area contributed by atoms with Crippen molar-refractivity contribution in [3.63, 3.8) is 0 Å². The van der Waals surface area contributed by atoms with Gasteiger partial charge in [0.1, 0.15) is 0 Å². The molecule has 0 spiro atoms. The maximum absolute atomic E-state index is 12.6. The molecule has 5 nitrogen and oxygen atoms in total. The first-order chi connectivity index (χ1) is 9.43. The van der Waals surface area contributed by atoms with E-state index < -0.39 is 30.5 Å². The van der Waals surface area contributed by atoms with E-state index in [1.807, 2.05) is 0 Å². The van der Waals surface area contributed by atoms with Crippen LogP contribution in [-0.4, -0.2) is 59.8 Å². The van der Waals surface area contributed by atoms with Gasteiger partial charge in [0.05, 0.1) is 13.2 Å². The molecule has 0 radical (unpaired) electrons. The second kappa shape index (κ2) is 6.36. The maximum Gasteiger partial charge on any atom is 0.490 e. The van der Waals surface area contributed by atoms with Gasteiger partial charge in [-0.3, -0.25) is 0 Å². The lowest BCUT2D eigenvalue weighted by Gasteiger charge is -2.47. The van der Waals surface area contributed by atoms with E-state index in [4.69, 9.17) is 20.4 Å². The third-order valence-electron chi connectivity index (χ3n) is 3.09. The Balaban J connectivity index is 0.000000270. The summed E-state index contributed by atoms with van der Waals surface area (Å²) in [5.74, 6) is -2.76. The van der Waals surface area contributed by atoms with Crippen LogP contribution >= 0.6 is 0 Å².